The second-order valence-electron chi connectivity index (χ2n) is 6.41. The number of halogens is 2. The molecule has 0 atom stereocenters. The Hall–Kier alpha value is -2.80. The monoisotopic (exact) mass is 385 g/mol. The molecule has 1 amide bonds. The number of aromatic nitrogens is 4. The highest BCUT2D eigenvalue weighted by atomic mass is 35.5. The van der Waals surface area contributed by atoms with Gasteiger partial charge in [0.2, 0.25) is 0 Å². The minimum Gasteiger partial charge on any atom is -0.318 e. The maximum atomic E-state index is 14.3. The molecule has 1 aromatic carbocycles. The van der Waals surface area contributed by atoms with Crippen LogP contribution in [0.3, 0.4) is 0 Å². The Morgan fingerprint density at radius 1 is 1.15 bits per heavy atom. The maximum absolute atomic E-state index is 14.3. The summed E-state index contributed by atoms with van der Waals surface area (Å²) in [5, 5.41) is 11.5. The highest BCUT2D eigenvalue weighted by Gasteiger charge is 2.18. The van der Waals surface area contributed by atoms with E-state index in [9.17, 15) is 9.18 Å². The summed E-state index contributed by atoms with van der Waals surface area (Å²) >= 11 is 5.88. The van der Waals surface area contributed by atoms with Gasteiger partial charge in [-0.15, -0.1) is 10.2 Å². The van der Waals surface area contributed by atoms with Crippen molar-refractivity contribution in [1.82, 2.24) is 19.7 Å². The van der Waals surface area contributed by atoms with E-state index in [-0.39, 0.29) is 11.4 Å². The molecule has 138 valence electrons. The molecule has 0 unspecified atom stereocenters. The summed E-state index contributed by atoms with van der Waals surface area (Å²) in [4.78, 5) is 16.3. The molecule has 2 aromatic heterocycles. The van der Waals surface area contributed by atoms with Crippen molar-refractivity contribution in [3.05, 3.63) is 58.9 Å². The Morgan fingerprint density at radius 3 is 2.89 bits per heavy atom. The summed E-state index contributed by atoms with van der Waals surface area (Å²) in [5.41, 5.74) is 0.875. The number of carbonyl (C=O) groups excluding carboxylic acids is 1. The van der Waals surface area contributed by atoms with Gasteiger partial charge in [-0.3, -0.25) is 9.78 Å². The molecule has 1 N–H and O–H groups in total. The van der Waals surface area contributed by atoms with Crippen LogP contribution in [0, 0.1) is 5.82 Å². The van der Waals surface area contributed by atoms with Crippen molar-refractivity contribution >= 4 is 23.2 Å². The highest BCUT2D eigenvalue weighted by Crippen LogP contribution is 2.27. The maximum Gasteiger partial charge on any atom is 0.274 e. The van der Waals surface area contributed by atoms with Crippen LogP contribution < -0.4 is 5.32 Å². The Morgan fingerprint density at radius 2 is 2.04 bits per heavy atom. The number of rotatable bonds is 3. The molecule has 1 aliphatic heterocycles. The van der Waals surface area contributed by atoms with E-state index in [1.165, 1.54) is 18.3 Å². The van der Waals surface area contributed by atoms with Crippen molar-refractivity contribution in [1.29, 1.82) is 0 Å². The number of fused-ring (bicyclic) bond motifs is 1. The number of pyridine rings is 1. The van der Waals surface area contributed by atoms with Crippen LogP contribution in [0.2, 0.25) is 5.02 Å². The fourth-order valence-electron chi connectivity index (χ4n) is 3.17. The van der Waals surface area contributed by atoms with E-state index in [1.54, 1.807) is 18.2 Å². The fraction of sp³-hybridized carbons (Fsp3) is 0.263. The van der Waals surface area contributed by atoms with Crippen molar-refractivity contribution in [2.24, 2.45) is 0 Å². The van der Waals surface area contributed by atoms with Crippen LogP contribution in [0.15, 0.2) is 36.5 Å². The fourth-order valence-corrected chi connectivity index (χ4v) is 3.33. The Balaban J connectivity index is 1.64. The highest BCUT2D eigenvalue weighted by molar-refractivity contribution is 6.30. The van der Waals surface area contributed by atoms with Gasteiger partial charge in [0.05, 0.1) is 5.69 Å². The second-order valence-corrected chi connectivity index (χ2v) is 6.85. The molecule has 3 aromatic rings. The van der Waals surface area contributed by atoms with Gasteiger partial charge in [0.15, 0.2) is 5.82 Å². The number of carbonyl (C=O) groups is 1. The molecular formula is C19H17ClFN5O. The van der Waals surface area contributed by atoms with Crippen LogP contribution >= 0.6 is 11.6 Å². The van der Waals surface area contributed by atoms with Gasteiger partial charge in [0.1, 0.15) is 17.3 Å². The third kappa shape index (κ3) is 3.68. The molecule has 0 spiro atoms. The SMILES string of the molecule is O=C(Nc1cc(-c2nnc3n2CCCCC3)ccc1F)c1cc(Cl)ccn1. The zero-order valence-electron chi connectivity index (χ0n) is 14.5. The molecule has 0 radical (unpaired) electrons. The average molecular weight is 386 g/mol. The van der Waals surface area contributed by atoms with Crippen molar-refractivity contribution < 1.29 is 9.18 Å². The molecule has 0 saturated carbocycles. The lowest BCUT2D eigenvalue weighted by Crippen LogP contribution is -2.14. The molecule has 0 bridgehead atoms. The molecule has 4 rings (SSSR count). The number of hydrogen-bond acceptors (Lipinski definition) is 4. The topological polar surface area (TPSA) is 72.7 Å². The van der Waals surface area contributed by atoms with E-state index < -0.39 is 11.7 Å². The van der Waals surface area contributed by atoms with Gasteiger partial charge in [-0.2, -0.15) is 0 Å². The largest absolute Gasteiger partial charge is 0.318 e. The lowest BCUT2D eigenvalue weighted by atomic mass is 10.1. The number of nitrogens with zero attached hydrogens (tertiary/aromatic N) is 4. The average Bonchev–Trinajstić information content (AvgIpc) is 2.91. The first kappa shape index (κ1) is 17.6. The van der Waals surface area contributed by atoms with Gasteiger partial charge >= 0.3 is 0 Å². The summed E-state index contributed by atoms with van der Waals surface area (Å²) < 4.78 is 16.3. The number of benzene rings is 1. The minimum atomic E-state index is -0.537. The van der Waals surface area contributed by atoms with E-state index in [0.717, 1.165) is 38.1 Å². The first-order valence-electron chi connectivity index (χ1n) is 8.77. The third-order valence-electron chi connectivity index (χ3n) is 4.54. The molecule has 0 fully saturated rings. The van der Waals surface area contributed by atoms with Gasteiger partial charge in [-0.05, 0) is 43.2 Å². The van der Waals surface area contributed by atoms with E-state index in [4.69, 9.17) is 11.6 Å². The summed E-state index contributed by atoms with van der Waals surface area (Å²) in [7, 11) is 0. The van der Waals surface area contributed by atoms with Gasteiger partial charge in [0, 0.05) is 29.7 Å². The summed E-state index contributed by atoms with van der Waals surface area (Å²) in [6, 6.07) is 7.52. The molecule has 3 heterocycles. The number of amides is 1. The molecule has 0 saturated heterocycles. The number of hydrogen-bond donors (Lipinski definition) is 1. The van der Waals surface area contributed by atoms with Crippen LogP contribution in [0.4, 0.5) is 10.1 Å². The van der Waals surface area contributed by atoms with Gasteiger partial charge in [0.25, 0.3) is 5.91 Å². The first-order chi connectivity index (χ1) is 13.1. The van der Waals surface area contributed by atoms with Crippen LogP contribution in [-0.4, -0.2) is 25.7 Å². The number of nitrogens with one attached hydrogen (secondary N) is 1. The van der Waals surface area contributed by atoms with Crippen LogP contribution in [0.25, 0.3) is 11.4 Å². The molecular weight excluding hydrogens is 369 g/mol. The van der Waals surface area contributed by atoms with Crippen molar-refractivity contribution in [3.63, 3.8) is 0 Å². The van der Waals surface area contributed by atoms with E-state index in [1.807, 2.05) is 0 Å². The van der Waals surface area contributed by atoms with Crippen molar-refractivity contribution in [2.45, 2.75) is 32.2 Å². The minimum absolute atomic E-state index is 0.0604. The Bertz CT molecular complexity index is 1000. The van der Waals surface area contributed by atoms with Crippen molar-refractivity contribution in [3.8, 4) is 11.4 Å². The molecule has 0 aliphatic carbocycles. The normalized spacial score (nSPS) is 13.7. The van der Waals surface area contributed by atoms with Crippen molar-refractivity contribution in [2.75, 3.05) is 5.32 Å². The van der Waals surface area contributed by atoms with Gasteiger partial charge < -0.3 is 9.88 Å². The summed E-state index contributed by atoms with van der Waals surface area (Å²) in [5.74, 6) is 0.558. The zero-order chi connectivity index (χ0) is 18.8. The number of anilines is 1. The predicted octanol–water partition coefficient (Wildman–Crippen LogP) is 4.11. The predicted molar refractivity (Wildman–Crippen MR) is 100 cm³/mol. The van der Waals surface area contributed by atoms with Gasteiger partial charge in [-0.1, -0.05) is 18.0 Å². The standard InChI is InChI=1S/C19H17ClFN5O/c20-13-7-8-22-16(11-13)19(27)23-15-10-12(5-6-14(15)21)18-25-24-17-4-2-1-3-9-26(17)18/h5-8,10-11H,1-4,9H2,(H,23,27). The molecule has 8 heteroatoms. The second kappa shape index (κ2) is 7.44. The van der Waals surface area contributed by atoms with E-state index in [0.29, 0.717) is 16.4 Å². The number of aryl methyl sites for hydroxylation is 1. The third-order valence-corrected chi connectivity index (χ3v) is 4.77. The smallest absolute Gasteiger partial charge is 0.274 e. The zero-order valence-corrected chi connectivity index (χ0v) is 15.2. The summed E-state index contributed by atoms with van der Waals surface area (Å²) in [6.07, 6.45) is 5.62. The van der Waals surface area contributed by atoms with E-state index in [2.05, 4.69) is 25.1 Å². The molecule has 6 nitrogen and oxygen atoms in total. The molecule has 1 aliphatic rings. The Labute approximate surface area is 160 Å². The molecule has 27 heavy (non-hydrogen) atoms. The lowest BCUT2D eigenvalue weighted by Gasteiger charge is -2.10. The van der Waals surface area contributed by atoms with Crippen LogP contribution in [-0.2, 0) is 13.0 Å². The lowest BCUT2D eigenvalue weighted by molar-refractivity contribution is 0.102. The van der Waals surface area contributed by atoms with Crippen LogP contribution in [0.5, 0.6) is 0 Å². The quantitative estimate of drug-likeness (QED) is 0.736. The Kier molecular flexibility index (Phi) is 4.85. The summed E-state index contributed by atoms with van der Waals surface area (Å²) in [6.45, 7) is 0.836. The van der Waals surface area contributed by atoms with Gasteiger partial charge in [-0.25, -0.2) is 4.39 Å². The van der Waals surface area contributed by atoms with Crippen LogP contribution in [0.1, 0.15) is 35.6 Å². The van der Waals surface area contributed by atoms with E-state index >= 15 is 0 Å². The first-order valence-corrected chi connectivity index (χ1v) is 9.14.